The molecule has 0 aliphatic rings. The van der Waals surface area contributed by atoms with E-state index in [0.29, 0.717) is 35.9 Å². The van der Waals surface area contributed by atoms with E-state index in [9.17, 15) is 9.59 Å². The van der Waals surface area contributed by atoms with Gasteiger partial charge in [-0.05, 0) is 42.2 Å². The first kappa shape index (κ1) is 24.8. The Hall–Kier alpha value is -3.42. The first-order valence-electron chi connectivity index (χ1n) is 10.5. The van der Waals surface area contributed by atoms with Crippen LogP contribution < -0.4 is 24.8 Å². The maximum atomic E-state index is 13.1. The first-order chi connectivity index (χ1) is 15.3. The number of methoxy groups -OCH3 is 3. The molecule has 0 fully saturated rings. The SMILES string of the molecule is COc1ccccc1NC(=O)NC(C(=O)N(C)CCc1ccc(OC)c(OC)c1)C(C)C. The molecule has 0 saturated heterocycles. The number of likely N-dealkylation sites (N-methyl/N-ethyl adjacent to an activating group) is 1. The van der Waals surface area contributed by atoms with Crippen molar-refractivity contribution in [2.75, 3.05) is 40.2 Å². The number of rotatable bonds is 10. The molecule has 0 aliphatic heterocycles. The van der Waals surface area contributed by atoms with Crippen molar-refractivity contribution in [2.24, 2.45) is 5.92 Å². The minimum Gasteiger partial charge on any atom is -0.495 e. The molecular weight excluding hydrogens is 410 g/mol. The molecule has 0 heterocycles. The lowest BCUT2D eigenvalue weighted by molar-refractivity contribution is -0.132. The van der Waals surface area contributed by atoms with Gasteiger partial charge >= 0.3 is 6.03 Å². The molecule has 1 unspecified atom stereocenters. The zero-order valence-electron chi connectivity index (χ0n) is 19.6. The summed E-state index contributed by atoms with van der Waals surface area (Å²) in [6.07, 6.45) is 0.640. The van der Waals surface area contributed by atoms with Gasteiger partial charge in [-0.25, -0.2) is 4.79 Å². The molecule has 2 aromatic rings. The van der Waals surface area contributed by atoms with E-state index in [2.05, 4.69) is 10.6 Å². The van der Waals surface area contributed by atoms with Crippen molar-refractivity contribution >= 4 is 17.6 Å². The van der Waals surface area contributed by atoms with Crippen LogP contribution >= 0.6 is 0 Å². The molecule has 174 valence electrons. The summed E-state index contributed by atoms with van der Waals surface area (Å²) in [5.74, 6) is 1.60. The zero-order chi connectivity index (χ0) is 23.7. The van der Waals surface area contributed by atoms with Gasteiger partial charge in [0.2, 0.25) is 5.91 Å². The number of hydrogen-bond donors (Lipinski definition) is 2. The maximum absolute atomic E-state index is 13.1. The predicted octanol–water partition coefficient (Wildman–Crippen LogP) is 3.56. The molecule has 8 nitrogen and oxygen atoms in total. The number of urea groups is 1. The predicted molar refractivity (Wildman–Crippen MR) is 125 cm³/mol. The van der Waals surface area contributed by atoms with Gasteiger partial charge in [-0.15, -0.1) is 0 Å². The fraction of sp³-hybridized carbons (Fsp3) is 0.417. The van der Waals surface area contributed by atoms with Gasteiger partial charge in [-0.1, -0.05) is 32.0 Å². The van der Waals surface area contributed by atoms with Crippen LogP contribution in [0.15, 0.2) is 42.5 Å². The number of para-hydroxylation sites is 2. The first-order valence-corrected chi connectivity index (χ1v) is 10.5. The topological polar surface area (TPSA) is 89.1 Å². The number of nitrogens with zero attached hydrogens (tertiary/aromatic N) is 1. The second-order valence-corrected chi connectivity index (χ2v) is 7.72. The summed E-state index contributed by atoms with van der Waals surface area (Å²) in [7, 11) is 6.45. The number of carbonyl (C=O) groups excluding carboxylic acids is 2. The summed E-state index contributed by atoms with van der Waals surface area (Å²) in [6.45, 7) is 4.29. The number of benzene rings is 2. The van der Waals surface area contributed by atoms with Crippen LogP contribution in [0.25, 0.3) is 0 Å². The van der Waals surface area contributed by atoms with Crippen LogP contribution in [-0.4, -0.2) is 57.8 Å². The highest BCUT2D eigenvalue weighted by Gasteiger charge is 2.27. The van der Waals surface area contributed by atoms with Crippen LogP contribution in [0.2, 0.25) is 0 Å². The fourth-order valence-corrected chi connectivity index (χ4v) is 3.24. The van der Waals surface area contributed by atoms with E-state index in [4.69, 9.17) is 14.2 Å². The highest BCUT2D eigenvalue weighted by molar-refractivity contribution is 5.94. The fourth-order valence-electron chi connectivity index (χ4n) is 3.24. The van der Waals surface area contributed by atoms with Crippen molar-refractivity contribution in [2.45, 2.75) is 26.3 Å². The van der Waals surface area contributed by atoms with E-state index in [1.165, 1.54) is 7.11 Å². The lowest BCUT2D eigenvalue weighted by Gasteiger charge is -2.27. The Balaban J connectivity index is 2.00. The quantitative estimate of drug-likeness (QED) is 0.586. The van der Waals surface area contributed by atoms with Crippen LogP contribution in [0.3, 0.4) is 0 Å². The summed E-state index contributed by atoms with van der Waals surface area (Å²) in [4.78, 5) is 27.2. The Bertz CT molecular complexity index is 916. The zero-order valence-corrected chi connectivity index (χ0v) is 19.6. The third-order valence-electron chi connectivity index (χ3n) is 5.13. The molecule has 0 aliphatic carbocycles. The molecule has 1 atom stereocenters. The molecule has 3 amide bonds. The van der Waals surface area contributed by atoms with E-state index in [-0.39, 0.29) is 11.8 Å². The molecule has 8 heteroatoms. The van der Waals surface area contributed by atoms with Crippen LogP contribution in [0.5, 0.6) is 17.2 Å². The van der Waals surface area contributed by atoms with Crippen LogP contribution in [0, 0.1) is 5.92 Å². The van der Waals surface area contributed by atoms with Crippen LogP contribution in [0.4, 0.5) is 10.5 Å². The molecule has 2 N–H and O–H groups in total. The summed E-state index contributed by atoms with van der Waals surface area (Å²) < 4.78 is 15.9. The van der Waals surface area contributed by atoms with Gasteiger partial charge in [0, 0.05) is 13.6 Å². The van der Waals surface area contributed by atoms with Gasteiger partial charge in [0.1, 0.15) is 11.8 Å². The van der Waals surface area contributed by atoms with E-state index < -0.39 is 12.1 Å². The number of nitrogens with one attached hydrogen (secondary N) is 2. The van der Waals surface area contributed by atoms with E-state index in [1.807, 2.05) is 38.1 Å². The largest absolute Gasteiger partial charge is 0.495 e. The van der Waals surface area contributed by atoms with Crippen molar-refractivity contribution in [3.05, 3.63) is 48.0 Å². The van der Waals surface area contributed by atoms with Crippen LogP contribution in [0.1, 0.15) is 19.4 Å². The van der Waals surface area contributed by atoms with Crippen molar-refractivity contribution in [3.63, 3.8) is 0 Å². The number of hydrogen-bond acceptors (Lipinski definition) is 5. The standard InChI is InChI=1S/C24H33N3O5/c1-16(2)22(26-24(29)25-18-9-7-8-10-19(18)30-4)23(28)27(3)14-13-17-11-12-20(31-5)21(15-17)32-6/h7-12,15-16,22H,13-14H2,1-6H3,(H2,25,26,29). The average Bonchev–Trinajstić information content (AvgIpc) is 2.80. The Morgan fingerprint density at radius 3 is 2.22 bits per heavy atom. The van der Waals surface area contributed by atoms with Gasteiger partial charge in [-0.2, -0.15) is 0 Å². The number of ether oxygens (including phenoxy) is 3. The van der Waals surface area contributed by atoms with E-state index in [0.717, 1.165) is 5.56 Å². The smallest absolute Gasteiger partial charge is 0.320 e. The summed E-state index contributed by atoms with van der Waals surface area (Å²) in [5.41, 5.74) is 1.55. The number of carbonyl (C=O) groups is 2. The normalized spacial score (nSPS) is 11.5. The summed E-state index contributed by atoms with van der Waals surface area (Å²) in [6, 6.07) is 11.7. The Morgan fingerprint density at radius 1 is 0.938 bits per heavy atom. The molecule has 0 aromatic heterocycles. The van der Waals surface area contributed by atoms with E-state index in [1.54, 1.807) is 44.4 Å². The van der Waals surface area contributed by atoms with Crippen molar-refractivity contribution in [1.82, 2.24) is 10.2 Å². The van der Waals surface area contributed by atoms with Gasteiger partial charge in [-0.3, -0.25) is 4.79 Å². The lowest BCUT2D eigenvalue weighted by atomic mass is 10.0. The molecule has 2 rings (SSSR count). The minimum absolute atomic E-state index is 0.0885. The van der Waals surface area contributed by atoms with Gasteiger partial charge in [0.25, 0.3) is 0 Å². The minimum atomic E-state index is -0.667. The average molecular weight is 444 g/mol. The molecule has 0 bridgehead atoms. The third-order valence-corrected chi connectivity index (χ3v) is 5.13. The molecule has 32 heavy (non-hydrogen) atoms. The second kappa shape index (κ2) is 11.8. The highest BCUT2D eigenvalue weighted by Crippen LogP contribution is 2.27. The van der Waals surface area contributed by atoms with E-state index >= 15 is 0 Å². The number of anilines is 1. The van der Waals surface area contributed by atoms with Gasteiger partial charge in [0.15, 0.2) is 11.5 Å². The third kappa shape index (κ3) is 6.54. The Kier molecular flexibility index (Phi) is 9.19. The Labute approximate surface area is 189 Å². The maximum Gasteiger partial charge on any atom is 0.320 e. The van der Waals surface area contributed by atoms with Crippen LogP contribution in [-0.2, 0) is 11.2 Å². The summed E-state index contributed by atoms with van der Waals surface area (Å²) >= 11 is 0. The highest BCUT2D eigenvalue weighted by atomic mass is 16.5. The molecule has 0 radical (unpaired) electrons. The molecule has 2 aromatic carbocycles. The Morgan fingerprint density at radius 2 is 1.59 bits per heavy atom. The van der Waals surface area contributed by atoms with Gasteiger partial charge in [0.05, 0.1) is 27.0 Å². The second-order valence-electron chi connectivity index (χ2n) is 7.72. The molecule has 0 spiro atoms. The van der Waals surface area contributed by atoms with Crippen molar-refractivity contribution in [3.8, 4) is 17.2 Å². The van der Waals surface area contributed by atoms with Crippen molar-refractivity contribution in [1.29, 1.82) is 0 Å². The summed E-state index contributed by atoms with van der Waals surface area (Å²) in [5, 5.41) is 5.55. The number of amides is 3. The molecular formula is C24H33N3O5. The lowest BCUT2D eigenvalue weighted by Crippen LogP contribution is -2.51. The monoisotopic (exact) mass is 443 g/mol. The molecule has 0 saturated carbocycles. The van der Waals surface area contributed by atoms with Crippen molar-refractivity contribution < 1.29 is 23.8 Å². The van der Waals surface area contributed by atoms with Gasteiger partial charge < -0.3 is 29.7 Å².